The van der Waals surface area contributed by atoms with Gasteiger partial charge in [0.25, 0.3) is 0 Å². The second-order valence-electron chi connectivity index (χ2n) is 9.76. The summed E-state index contributed by atoms with van der Waals surface area (Å²) in [6.45, 7) is 3.21. The van der Waals surface area contributed by atoms with Crippen molar-refractivity contribution in [3.63, 3.8) is 0 Å². The van der Waals surface area contributed by atoms with E-state index in [1.165, 1.54) is 43.9 Å². The van der Waals surface area contributed by atoms with Crippen molar-refractivity contribution < 1.29 is 14.3 Å². The van der Waals surface area contributed by atoms with Crippen LogP contribution in [-0.2, 0) is 20.9 Å². The lowest BCUT2D eigenvalue weighted by molar-refractivity contribution is -0.135. The topological polar surface area (TPSA) is 35.5 Å². The van der Waals surface area contributed by atoms with Crippen molar-refractivity contribution in [1.29, 1.82) is 0 Å². The van der Waals surface area contributed by atoms with Gasteiger partial charge in [0, 0.05) is 5.92 Å². The molecule has 3 nitrogen and oxygen atoms in total. The zero-order valence-corrected chi connectivity index (χ0v) is 18.1. The molecule has 3 heteroatoms. The normalized spacial score (nSPS) is 36.8. The van der Waals surface area contributed by atoms with E-state index in [0.29, 0.717) is 23.5 Å². The number of esters is 1. The molecule has 6 atom stereocenters. The molecule has 0 spiro atoms. The minimum absolute atomic E-state index is 0.238. The first kappa shape index (κ1) is 19.8. The second kappa shape index (κ2) is 7.85. The van der Waals surface area contributed by atoms with E-state index in [-0.39, 0.29) is 11.4 Å². The Morgan fingerprint density at radius 1 is 1.13 bits per heavy atom. The number of hydrogen-bond donors (Lipinski definition) is 0. The Bertz CT molecular complexity index is 896. The van der Waals surface area contributed by atoms with E-state index in [4.69, 9.17) is 9.47 Å². The number of benzene rings is 1. The molecule has 1 aromatic rings. The fourth-order valence-electron chi connectivity index (χ4n) is 6.84. The monoisotopic (exact) mass is 404 g/mol. The lowest BCUT2D eigenvalue weighted by atomic mass is 9.54. The molecular weight excluding hydrogens is 372 g/mol. The van der Waals surface area contributed by atoms with Gasteiger partial charge in [0.1, 0.15) is 0 Å². The Morgan fingerprint density at radius 2 is 1.97 bits per heavy atom. The van der Waals surface area contributed by atoms with Crippen molar-refractivity contribution in [3.8, 4) is 0 Å². The number of fused-ring (bicyclic) bond motifs is 5. The number of ether oxygens (including phenoxy) is 2. The van der Waals surface area contributed by atoms with Crippen LogP contribution >= 0.6 is 0 Å². The van der Waals surface area contributed by atoms with Crippen LogP contribution in [0.5, 0.6) is 0 Å². The largest absolute Gasteiger partial charge is 0.465 e. The molecular formula is C27H32O3. The molecule has 158 valence electrons. The number of allylic oxidation sites excluding steroid dienone is 4. The highest BCUT2D eigenvalue weighted by atomic mass is 16.5. The Hall–Kier alpha value is -2.13. The average molecular weight is 405 g/mol. The van der Waals surface area contributed by atoms with Crippen LogP contribution in [0, 0.1) is 29.1 Å². The van der Waals surface area contributed by atoms with Gasteiger partial charge in [-0.2, -0.15) is 0 Å². The van der Waals surface area contributed by atoms with Gasteiger partial charge in [-0.3, -0.25) is 0 Å². The van der Waals surface area contributed by atoms with Gasteiger partial charge in [-0.15, -0.1) is 0 Å². The molecule has 0 aromatic heterocycles. The van der Waals surface area contributed by atoms with E-state index in [1.807, 2.05) is 6.08 Å². The van der Waals surface area contributed by atoms with Gasteiger partial charge in [-0.05, 0) is 72.5 Å². The molecule has 5 rings (SSSR count). The van der Waals surface area contributed by atoms with Gasteiger partial charge < -0.3 is 9.47 Å². The van der Waals surface area contributed by atoms with E-state index in [2.05, 4.69) is 55.5 Å². The van der Waals surface area contributed by atoms with Crippen LogP contribution in [0.25, 0.3) is 0 Å². The molecule has 0 unspecified atom stereocenters. The Morgan fingerprint density at radius 3 is 2.77 bits per heavy atom. The lowest BCUT2D eigenvalue weighted by Crippen LogP contribution is -2.46. The van der Waals surface area contributed by atoms with Crippen LogP contribution in [0.4, 0.5) is 0 Å². The Balaban J connectivity index is 1.32. The molecule has 0 saturated heterocycles. The third kappa shape index (κ3) is 3.28. The maximum Gasteiger partial charge on any atom is 0.337 e. The number of carbonyl (C=O) groups is 1. The minimum atomic E-state index is -0.238. The van der Waals surface area contributed by atoms with Crippen molar-refractivity contribution in [3.05, 3.63) is 71.3 Å². The van der Waals surface area contributed by atoms with Crippen molar-refractivity contribution in [2.75, 3.05) is 7.11 Å². The van der Waals surface area contributed by atoms with Crippen LogP contribution in [0.1, 0.15) is 44.6 Å². The van der Waals surface area contributed by atoms with E-state index in [0.717, 1.165) is 24.9 Å². The zero-order valence-electron chi connectivity index (χ0n) is 18.1. The molecule has 0 amide bonds. The summed E-state index contributed by atoms with van der Waals surface area (Å²) >= 11 is 0. The van der Waals surface area contributed by atoms with Gasteiger partial charge in [0.15, 0.2) is 0 Å². The van der Waals surface area contributed by atoms with Crippen molar-refractivity contribution in [1.82, 2.24) is 0 Å². The van der Waals surface area contributed by atoms with Gasteiger partial charge in [0.2, 0.25) is 0 Å². The second-order valence-corrected chi connectivity index (χ2v) is 9.76. The molecule has 1 aromatic carbocycles. The van der Waals surface area contributed by atoms with Crippen LogP contribution in [0.15, 0.2) is 65.8 Å². The highest BCUT2D eigenvalue weighted by Crippen LogP contribution is 2.61. The molecule has 4 aliphatic rings. The number of carbonyl (C=O) groups excluding carboxylic acids is 1. The Labute approximate surface area is 179 Å². The number of rotatable bonds is 4. The van der Waals surface area contributed by atoms with Crippen molar-refractivity contribution in [2.45, 2.75) is 51.7 Å². The summed E-state index contributed by atoms with van der Waals surface area (Å²) in [5.41, 5.74) is 3.54. The summed E-state index contributed by atoms with van der Waals surface area (Å²) < 4.78 is 11.4. The fourth-order valence-corrected chi connectivity index (χ4v) is 6.84. The zero-order chi connectivity index (χ0) is 20.7. The SMILES string of the molecule is COC(=O)C1=CC2=CC[C@@H]3[C@H](CC[C@]4(C)[C@@H](OCc5ccccc5)CC[C@@H]34)[C@H]2C=C1. The first-order valence-electron chi connectivity index (χ1n) is 11.4. The van der Waals surface area contributed by atoms with Gasteiger partial charge >= 0.3 is 5.97 Å². The van der Waals surface area contributed by atoms with E-state index in [9.17, 15) is 4.79 Å². The predicted molar refractivity (Wildman–Crippen MR) is 117 cm³/mol. The van der Waals surface area contributed by atoms with Gasteiger partial charge in [0.05, 0.1) is 25.4 Å². The van der Waals surface area contributed by atoms with Crippen molar-refractivity contribution >= 4 is 5.97 Å². The van der Waals surface area contributed by atoms with Gasteiger partial charge in [-0.25, -0.2) is 4.79 Å². The molecule has 4 aliphatic carbocycles. The van der Waals surface area contributed by atoms with E-state index < -0.39 is 0 Å². The van der Waals surface area contributed by atoms with Crippen LogP contribution in [-0.4, -0.2) is 19.2 Å². The summed E-state index contributed by atoms with van der Waals surface area (Å²) in [7, 11) is 1.45. The van der Waals surface area contributed by atoms with Crippen molar-refractivity contribution in [2.24, 2.45) is 29.1 Å². The first-order chi connectivity index (χ1) is 14.6. The maximum absolute atomic E-state index is 11.9. The standard InChI is InChI=1S/C27H32O3/c1-27-15-14-22-21-10-9-20(26(28)29-2)16-19(21)8-11-23(22)24(27)12-13-25(27)30-17-18-6-4-3-5-7-18/h3-10,16,21-25H,11-15,17H2,1-2H3/t21-,22+,23+,24-,25-,27-/m0/s1. The molecule has 0 bridgehead atoms. The maximum atomic E-state index is 11.9. The van der Waals surface area contributed by atoms with E-state index in [1.54, 1.807) is 0 Å². The van der Waals surface area contributed by atoms with Crippen LogP contribution in [0.3, 0.4) is 0 Å². The van der Waals surface area contributed by atoms with Crippen LogP contribution < -0.4 is 0 Å². The average Bonchev–Trinajstić information content (AvgIpc) is 3.13. The van der Waals surface area contributed by atoms with E-state index >= 15 is 0 Å². The molecule has 0 aliphatic heterocycles. The highest BCUT2D eigenvalue weighted by molar-refractivity contribution is 5.92. The molecule has 2 fully saturated rings. The fraction of sp³-hybridized carbons (Fsp3) is 0.519. The quantitative estimate of drug-likeness (QED) is 0.610. The highest BCUT2D eigenvalue weighted by Gasteiger charge is 2.55. The van der Waals surface area contributed by atoms with Gasteiger partial charge in [-0.1, -0.05) is 55.5 Å². The number of methoxy groups -OCH3 is 1. The molecule has 2 saturated carbocycles. The summed E-state index contributed by atoms with van der Waals surface area (Å²) in [5.74, 6) is 2.35. The minimum Gasteiger partial charge on any atom is -0.465 e. The molecule has 0 radical (unpaired) electrons. The molecule has 30 heavy (non-hydrogen) atoms. The number of hydrogen-bond acceptors (Lipinski definition) is 3. The molecule has 0 heterocycles. The van der Waals surface area contributed by atoms with Crippen LogP contribution in [0.2, 0.25) is 0 Å². The Kier molecular flexibility index (Phi) is 5.18. The summed E-state index contributed by atoms with van der Waals surface area (Å²) in [5, 5.41) is 0. The lowest BCUT2D eigenvalue weighted by Gasteiger charge is -2.52. The predicted octanol–water partition coefficient (Wildman–Crippen LogP) is 5.63. The smallest absolute Gasteiger partial charge is 0.337 e. The third-order valence-electron chi connectivity index (χ3n) is 8.40. The third-order valence-corrected chi connectivity index (χ3v) is 8.40. The summed E-state index contributed by atoms with van der Waals surface area (Å²) in [6.07, 6.45) is 15.1. The molecule has 0 N–H and O–H groups in total. The summed E-state index contributed by atoms with van der Waals surface area (Å²) in [6, 6.07) is 10.6. The first-order valence-corrected chi connectivity index (χ1v) is 11.4. The summed E-state index contributed by atoms with van der Waals surface area (Å²) in [4.78, 5) is 11.9.